The summed E-state index contributed by atoms with van der Waals surface area (Å²) in [4.78, 5) is 0. The maximum Gasteiger partial charge on any atom is 0.157 e. The average molecular weight is 210 g/mol. The van der Waals surface area contributed by atoms with Crippen LogP contribution in [-0.4, -0.2) is 21.4 Å². The predicted octanol–water partition coefficient (Wildman–Crippen LogP) is 2.19. The highest BCUT2D eigenvalue weighted by molar-refractivity contribution is 5.40. The van der Waals surface area contributed by atoms with Gasteiger partial charge in [-0.3, -0.25) is 0 Å². The zero-order valence-corrected chi connectivity index (χ0v) is 8.98. The molecule has 0 aromatic heterocycles. The molecule has 0 amide bonds. The van der Waals surface area contributed by atoms with Crippen molar-refractivity contribution in [3.05, 3.63) is 23.8 Å². The quantitative estimate of drug-likeness (QED) is 0.653. The van der Waals surface area contributed by atoms with Gasteiger partial charge in [0.05, 0.1) is 6.10 Å². The fraction of sp³-hybridized carbons (Fsp3) is 0.500. The second kappa shape index (κ2) is 5.61. The number of aliphatic hydroxyl groups excluding tert-OH is 1. The Labute approximate surface area is 90.0 Å². The molecule has 0 saturated carbocycles. The minimum Gasteiger partial charge on any atom is -0.504 e. The second-order valence-electron chi connectivity index (χ2n) is 3.80. The van der Waals surface area contributed by atoms with Crippen LogP contribution < -0.4 is 0 Å². The van der Waals surface area contributed by atoms with Crippen LogP contribution in [0.4, 0.5) is 0 Å². The van der Waals surface area contributed by atoms with Gasteiger partial charge in [-0.15, -0.1) is 0 Å². The molecule has 84 valence electrons. The Hall–Kier alpha value is -1.22. The van der Waals surface area contributed by atoms with Crippen molar-refractivity contribution in [3.8, 4) is 11.5 Å². The number of aryl methyl sites for hydroxylation is 1. The normalized spacial score (nSPS) is 12.7. The van der Waals surface area contributed by atoms with E-state index in [1.165, 1.54) is 12.1 Å². The van der Waals surface area contributed by atoms with E-state index in [0.29, 0.717) is 6.42 Å². The first kappa shape index (κ1) is 11.9. The van der Waals surface area contributed by atoms with E-state index >= 15 is 0 Å². The van der Waals surface area contributed by atoms with Crippen molar-refractivity contribution in [2.45, 2.75) is 38.7 Å². The van der Waals surface area contributed by atoms with Gasteiger partial charge in [-0.25, -0.2) is 0 Å². The summed E-state index contributed by atoms with van der Waals surface area (Å²) in [6.45, 7) is 2.04. The van der Waals surface area contributed by atoms with Crippen LogP contribution in [0.5, 0.6) is 11.5 Å². The summed E-state index contributed by atoms with van der Waals surface area (Å²) in [6, 6.07) is 4.76. The lowest BCUT2D eigenvalue weighted by Gasteiger charge is -2.09. The molecule has 0 aliphatic rings. The number of benzene rings is 1. The topological polar surface area (TPSA) is 60.7 Å². The molecule has 1 unspecified atom stereocenters. The summed E-state index contributed by atoms with van der Waals surface area (Å²) in [5, 5.41) is 27.9. The monoisotopic (exact) mass is 210 g/mol. The molecule has 0 fully saturated rings. The molecule has 0 aliphatic carbocycles. The molecular formula is C12H18O3. The summed E-state index contributed by atoms with van der Waals surface area (Å²) in [6.07, 6.45) is 2.92. The summed E-state index contributed by atoms with van der Waals surface area (Å²) in [7, 11) is 0. The Kier molecular flexibility index (Phi) is 4.43. The fourth-order valence-electron chi connectivity index (χ4n) is 1.54. The lowest BCUT2D eigenvalue weighted by Crippen LogP contribution is -2.06. The smallest absolute Gasteiger partial charge is 0.157 e. The van der Waals surface area contributed by atoms with Gasteiger partial charge < -0.3 is 15.3 Å². The molecule has 3 nitrogen and oxygen atoms in total. The average Bonchev–Trinajstić information content (AvgIpc) is 2.20. The Balaban J connectivity index is 2.47. The molecule has 1 aromatic rings. The molecule has 3 heteroatoms. The van der Waals surface area contributed by atoms with Gasteiger partial charge in [0.15, 0.2) is 11.5 Å². The lowest BCUT2D eigenvalue weighted by molar-refractivity contribution is 0.154. The summed E-state index contributed by atoms with van der Waals surface area (Å²) >= 11 is 0. The zero-order valence-electron chi connectivity index (χ0n) is 8.98. The zero-order chi connectivity index (χ0) is 11.3. The minimum atomic E-state index is -0.272. The van der Waals surface area contributed by atoms with Gasteiger partial charge in [-0.1, -0.05) is 19.4 Å². The van der Waals surface area contributed by atoms with E-state index in [-0.39, 0.29) is 17.6 Å². The number of phenols is 2. The number of hydrogen-bond acceptors (Lipinski definition) is 3. The van der Waals surface area contributed by atoms with E-state index in [1.807, 2.05) is 6.92 Å². The van der Waals surface area contributed by atoms with Crippen LogP contribution in [0.25, 0.3) is 0 Å². The van der Waals surface area contributed by atoms with E-state index < -0.39 is 0 Å². The largest absolute Gasteiger partial charge is 0.504 e. The molecule has 0 radical (unpaired) electrons. The van der Waals surface area contributed by atoms with Crippen LogP contribution in [0.1, 0.15) is 31.7 Å². The van der Waals surface area contributed by atoms with Gasteiger partial charge in [0.25, 0.3) is 0 Å². The van der Waals surface area contributed by atoms with Gasteiger partial charge >= 0.3 is 0 Å². The molecule has 15 heavy (non-hydrogen) atoms. The van der Waals surface area contributed by atoms with Crippen molar-refractivity contribution in [3.63, 3.8) is 0 Å². The number of phenolic OH excluding ortho intramolecular Hbond substituents is 2. The molecule has 1 rings (SSSR count). The van der Waals surface area contributed by atoms with Crippen molar-refractivity contribution in [1.82, 2.24) is 0 Å². The summed E-state index contributed by atoms with van der Waals surface area (Å²) in [5.41, 5.74) is 0.931. The number of aromatic hydroxyl groups is 2. The maximum absolute atomic E-state index is 9.52. The molecule has 0 spiro atoms. The van der Waals surface area contributed by atoms with E-state index in [4.69, 9.17) is 5.11 Å². The van der Waals surface area contributed by atoms with E-state index in [9.17, 15) is 10.2 Å². The standard InChI is InChI=1S/C12H18O3/c1-2-3-10(13)6-4-9-5-7-11(14)12(15)8-9/h5,7-8,10,13-15H,2-4,6H2,1H3. The van der Waals surface area contributed by atoms with Gasteiger partial charge in [-0.2, -0.15) is 0 Å². The van der Waals surface area contributed by atoms with Crippen LogP contribution >= 0.6 is 0 Å². The third-order valence-corrected chi connectivity index (χ3v) is 2.43. The van der Waals surface area contributed by atoms with Gasteiger partial charge in [0.1, 0.15) is 0 Å². The molecule has 1 aromatic carbocycles. The molecule has 0 bridgehead atoms. The van der Waals surface area contributed by atoms with Crippen LogP contribution in [0.15, 0.2) is 18.2 Å². The number of rotatable bonds is 5. The second-order valence-corrected chi connectivity index (χ2v) is 3.80. The summed E-state index contributed by atoms with van der Waals surface area (Å²) in [5.74, 6) is -0.203. The van der Waals surface area contributed by atoms with E-state index in [2.05, 4.69) is 0 Å². The van der Waals surface area contributed by atoms with Crippen molar-refractivity contribution in [2.75, 3.05) is 0 Å². The molecule has 3 N–H and O–H groups in total. The third-order valence-electron chi connectivity index (χ3n) is 2.43. The van der Waals surface area contributed by atoms with E-state index in [0.717, 1.165) is 24.8 Å². The van der Waals surface area contributed by atoms with Crippen molar-refractivity contribution in [2.24, 2.45) is 0 Å². The van der Waals surface area contributed by atoms with Gasteiger partial charge in [0, 0.05) is 0 Å². The van der Waals surface area contributed by atoms with Gasteiger partial charge in [0.2, 0.25) is 0 Å². The van der Waals surface area contributed by atoms with Crippen molar-refractivity contribution in [1.29, 1.82) is 0 Å². The summed E-state index contributed by atoms with van der Waals surface area (Å²) < 4.78 is 0. The van der Waals surface area contributed by atoms with Gasteiger partial charge in [-0.05, 0) is 37.0 Å². The molecule has 0 saturated heterocycles. The number of hydrogen-bond donors (Lipinski definition) is 3. The highest BCUT2D eigenvalue weighted by Gasteiger charge is 2.05. The first-order chi connectivity index (χ1) is 7.13. The molecule has 0 heterocycles. The predicted molar refractivity (Wildman–Crippen MR) is 59.0 cm³/mol. The van der Waals surface area contributed by atoms with Crippen LogP contribution in [0.2, 0.25) is 0 Å². The molecular weight excluding hydrogens is 192 g/mol. The Morgan fingerprint density at radius 3 is 2.47 bits per heavy atom. The first-order valence-electron chi connectivity index (χ1n) is 5.32. The van der Waals surface area contributed by atoms with Crippen molar-refractivity contribution < 1.29 is 15.3 Å². The highest BCUT2D eigenvalue weighted by Crippen LogP contribution is 2.25. The molecule has 1 atom stereocenters. The Morgan fingerprint density at radius 1 is 1.13 bits per heavy atom. The van der Waals surface area contributed by atoms with Crippen LogP contribution in [0, 0.1) is 0 Å². The van der Waals surface area contributed by atoms with E-state index in [1.54, 1.807) is 6.07 Å². The highest BCUT2D eigenvalue weighted by atomic mass is 16.3. The first-order valence-corrected chi connectivity index (χ1v) is 5.32. The third kappa shape index (κ3) is 3.80. The Bertz CT molecular complexity index is 310. The SMILES string of the molecule is CCCC(O)CCc1ccc(O)c(O)c1. The molecule has 0 aliphatic heterocycles. The minimum absolute atomic E-state index is 0.0996. The van der Waals surface area contributed by atoms with Crippen molar-refractivity contribution >= 4 is 0 Å². The number of aliphatic hydroxyl groups is 1. The fourth-order valence-corrected chi connectivity index (χ4v) is 1.54. The Morgan fingerprint density at radius 2 is 1.87 bits per heavy atom. The van der Waals surface area contributed by atoms with Crippen LogP contribution in [0.3, 0.4) is 0 Å². The lowest BCUT2D eigenvalue weighted by atomic mass is 10.0. The maximum atomic E-state index is 9.52. The van der Waals surface area contributed by atoms with Crippen LogP contribution in [-0.2, 0) is 6.42 Å².